The van der Waals surface area contributed by atoms with Gasteiger partial charge in [-0.2, -0.15) is 0 Å². The van der Waals surface area contributed by atoms with Gasteiger partial charge in [-0.3, -0.25) is 4.79 Å². The smallest absolute Gasteiger partial charge is 0.290 e. The number of ether oxygens (including phenoxy) is 1. The Labute approximate surface area is 97.6 Å². The standard InChI is InChI=1S/C12H9ClO3/c1-8-6-9(2-4-11(8)13)15-12-5-3-10(7-14)16-12/h2-7H,1H3. The van der Waals surface area contributed by atoms with Gasteiger partial charge in [0.05, 0.1) is 0 Å². The third-order valence-electron chi connectivity index (χ3n) is 2.07. The molecule has 0 N–H and O–H groups in total. The van der Waals surface area contributed by atoms with Crippen molar-refractivity contribution in [3.63, 3.8) is 0 Å². The number of rotatable bonds is 3. The largest absolute Gasteiger partial charge is 0.426 e. The summed E-state index contributed by atoms with van der Waals surface area (Å²) in [5.74, 6) is 1.14. The second-order valence-electron chi connectivity index (χ2n) is 3.29. The molecule has 3 nitrogen and oxygen atoms in total. The van der Waals surface area contributed by atoms with E-state index in [9.17, 15) is 4.79 Å². The van der Waals surface area contributed by atoms with Crippen LogP contribution in [0.1, 0.15) is 16.1 Å². The average Bonchev–Trinajstić information content (AvgIpc) is 2.71. The molecule has 2 rings (SSSR count). The van der Waals surface area contributed by atoms with Crippen molar-refractivity contribution in [2.24, 2.45) is 0 Å². The number of aldehydes is 1. The minimum Gasteiger partial charge on any atom is -0.426 e. The molecule has 16 heavy (non-hydrogen) atoms. The van der Waals surface area contributed by atoms with Gasteiger partial charge in [0, 0.05) is 11.1 Å². The Morgan fingerprint density at radius 3 is 2.75 bits per heavy atom. The number of furan rings is 1. The van der Waals surface area contributed by atoms with Crippen LogP contribution in [0, 0.1) is 6.92 Å². The molecular weight excluding hydrogens is 228 g/mol. The molecule has 0 unspecified atom stereocenters. The third kappa shape index (κ3) is 2.25. The van der Waals surface area contributed by atoms with Crippen molar-refractivity contribution < 1.29 is 13.9 Å². The molecule has 0 aliphatic heterocycles. The van der Waals surface area contributed by atoms with Crippen LogP contribution in [-0.4, -0.2) is 6.29 Å². The lowest BCUT2D eigenvalue weighted by molar-refractivity contribution is 0.109. The van der Waals surface area contributed by atoms with Gasteiger partial charge in [0.15, 0.2) is 12.0 Å². The number of hydrogen-bond acceptors (Lipinski definition) is 3. The van der Waals surface area contributed by atoms with Crippen LogP contribution in [-0.2, 0) is 0 Å². The zero-order valence-corrected chi connectivity index (χ0v) is 9.32. The molecule has 0 amide bonds. The van der Waals surface area contributed by atoms with E-state index in [-0.39, 0.29) is 11.7 Å². The molecular formula is C12H9ClO3. The number of halogens is 1. The van der Waals surface area contributed by atoms with E-state index in [4.69, 9.17) is 20.8 Å². The van der Waals surface area contributed by atoms with E-state index >= 15 is 0 Å². The van der Waals surface area contributed by atoms with E-state index in [1.54, 1.807) is 30.3 Å². The summed E-state index contributed by atoms with van der Waals surface area (Å²) in [7, 11) is 0. The summed E-state index contributed by atoms with van der Waals surface area (Å²) in [5.41, 5.74) is 0.918. The molecule has 0 bridgehead atoms. The van der Waals surface area contributed by atoms with Crippen LogP contribution in [0.3, 0.4) is 0 Å². The Bertz CT molecular complexity index is 517. The number of benzene rings is 1. The maximum Gasteiger partial charge on any atom is 0.290 e. The second kappa shape index (κ2) is 4.41. The fourth-order valence-electron chi connectivity index (χ4n) is 1.25. The number of carbonyl (C=O) groups excluding carboxylic acids is 1. The number of hydrogen-bond donors (Lipinski definition) is 0. The van der Waals surface area contributed by atoms with Crippen molar-refractivity contribution in [2.45, 2.75) is 6.92 Å². The quantitative estimate of drug-likeness (QED) is 0.760. The zero-order valence-electron chi connectivity index (χ0n) is 8.57. The van der Waals surface area contributed by atoms with Gasteiger partial charge in [-0.1, -0.05) is 11.6 Å². The molecule has 0 fully saturated rings. The molecule has 1 aromatic heterocycles. The Kier molecular flexibility index (Phi) is 2.97. The molecule has 0 saturated carbocycles. The maximum atomic E-state index is 10.4. The summed E-state index contributed by atoms with van der Waals surface area (Å²) in [6.45, 7) is 1.88. The first-order valence-electron chi connectivity index (χ1n) is 4.68. The van der Waals surface area contributed by atoms with Gasteiger partial charge in [-0.05, 0) is 36.8 Å². The summed E-state index contributed by atoms with van der Waals surface area (Å²) in [6, 6.07) is 8.42. The Balaban J connectivity index is 2.20. The van der Waals surface area contributed by atoms with E-state index in [2.05, 4.69) is 0 Å². The van der Waals surface area contributed by atoms with E-state index in [1.807, 2.05) is 6.92 Å². The molecule has 0 aliphatic carbocycles. The van der Waals surface area contributed by atoms with Crippen molar-refractivity contribution in [1.29, 1.82) is 0 Å². The molecule has 2 aromatic rings. The van der Waals surface area contributed by atoms with Crippen molar-refractivity contribution in [1.82, 2.24) is 0 Å². The van der Waals surface area contributed by atoms with Crippen molar-refractivity contribution in [3.05, 3.63) is 46.7 Å². The molecule has 1 aromatic carbocycles. The van der Waals surface area contributed by atoms with E-state index in [0.29, 0.717) is 17.1 Å². The fourth-order valence-corrected chi connectivity index (χ4v) is 1.37. The summed E-state index contributed by atoms with van der Waals surface area (Å²) >= 11 is 5.88. The summed E-state index contributed by atoms with van der Waals surface area (Å²) in [4.78, 5) is 10.4. The lowest BCUT2D eigenvalue weighted by atomic mass is 10.2. The summed E-state index contributed by atoms with van der Waals surface area (Å²) < 4.78 is 10.5. The lowest BCUT2D eigenvalue weighted by Crippen LogP contribution is -1.83. The summed E-state index contributed by atoms with van der Waals surface area (Å²) in [5, 5.41) is 0.681. The highest BCUT2D eigenvalue weighted by atomic mass is 35.5. The lowest BCUT2D eigenvalue weighted by Gasteiger charge is -2.03. The van der Waals surface area contributed by atoms with Gasteiger partial charge in [-0.25, -0.2) is 0 Å². The predicted molar refractivity (Wildman–Crippen MR) is 60.4 cm³/mol. The summed E-state index contributed by atoms with van der Waals surface area (Å²) in [6.07, 6.45) is 0.625. The van der Waals surface area contributed by atoms with Gasteiger partial charge in [-0.15, -0.1) is 0 Å². The Morgan fingerprint density at radius 1 is 1.31 bits per heavy atom. The molecule has 0 radical (unpaired) electrons. The van der Waals surface area contributed by atoms with Crippen molar-refractivity contribution >= 4 is 17.9 Å². The fraction of sp³-hybridized carbons (Fsp3) is 0.0833. The van der Waals surface area contributed by atoms with Crippen LogP contribution in [0.2, 0.25) is 5.02 Å². The van der Waals surface area contributed by atoms with Gasteiger partial charge in [0.2, 0.25) is 0 Å². The second-order valence-corrected chi connectivity index (χ2v) is 3.69. The molecule has 0 atom stereocenters. The van der Waals surface area contributed by atoms with Crippen LogP contribution >= 0.6 is 11.6 Å². The SMILES string of the molecule is Cc1cc(Oc2ccc(C=O)o2)ccc1Cl. The number of carbonyl (C=O) groups is 1. The highest BCUT2D eigenvalue weighted by Gasteiger charge is 2.04. The topological polar surface area (TPSA) is 39.4 Å². The molecule has 0 spiro atoms. The van der Waals surface area contributed by atoms with Crippen LogP contribution < -0.4 is 4.74 Å². The predicted octanol–water partition coefficient (Wildman–Crippen LogP) is 3.85. The van der Waals surface area contributed by atoms with Gasteiger partial charge < -0.3 is 9.15 Å². The first kappa shape index (κ1) is 10.8. The highest BCUT2D eigenvalue weighted by molar-refractivity contribution is 6.31. The van der Waals surface area contributed by atoms with Crippen LogP contribution in [0.5, 0.6) is 11.7 Å². The normalized spacial score (nSPS) is 10.1. The minimum atomic E-state index is 0.237. The Morgan fingerprint density at radius 2 is 2.12 bits per heavy atom. The molecule has 0 aliphatic rings. The van der Waals surface area contributed by atoms with Crippen molar-refractivity contribution in [3.8, 4) is 11.7 Å². The number of aryl methyl sites for hydroxylation is 1. The van der Waals surface area contributed by atoms with Crippen LogP contribution in [0.4, 0.5) is 0 Å². The van der Waals surface area contributed by atoms with Crippen molar-refractivity contribution in [2.75, 3.05) is 0 Å². The Hall–Kier alpha value is -1.74. The molecule has 4 heteroatoms. The van der Waals surface area contributed by atoms with E-state index in [1.165, 1.54) is 0 Å². The maximum absolute atomic E-state index is 10.4. The highest BCUT2D eigenvalue weighted by Crippen LogP contribution is 2.26. The third-order valence-corrected chi connectivity index (χ3v) is 2.49. The first-order chi connectivity index (χ1) is 7.69. The minimum absolute atomic E-state index is 0.237. The molecule has 0 saturated heterocycles. The molecule has 82 valence electrons. The average molecular weight is 237 g/mol. The van der Waals surface area contributed by atoms with E-state index < -0.39 is 0 Å². The van der Waals surface area contributed by atoms with Crippen LogP contribution in [0.25, 0.3) is 0 Å². The monoisotopic (exact) mass is 236 g/mol. The van der Waals surface area contributed by atoms with Gasteiger partial charge in [0.25, 0.3) is 5.95 Å². The van der Waals surface area contributed by atoms with Crippen LogP contribution in [0.15, 0.2) is 34.7 Å². The first-order valence-corrected chi connectivity index (χ1v) is 5.06. The van der Waals surface area contributed by atoms with Gasteiger partial charge >= 0.3 is 0 Å². The molecule has 1 heterocycles. The zero-order chi connectivity index (χ0) is 11.5. The van der Waals surface area contributed by atoms with E-state index in [0.717, 1.165) is 5.56 Å². The van der Waals surface area contributed by atoms with Gasteiger partial charge in [0.1, 0.15) is 5.75 Å².